The number of hydrogen-bond donors (Lipinski definition) is 4. The summed E-state index contributed by atoms with van der Waals surface area (Å²) in [7, 11) is 0. The molecule has 0 saturated carbocycles. The maximum absolute atomic E-state index is 11.5. The topological polar surface area (TPSA) is 175 Å². The Bertz CT molecular complexity index is 890. The molecular weight excluding hydrogens is 324 g/mol. The lowest BCUT2D eigenvalue weighted by Crippen LogP contribution is -2.17. The first-order valence-corrected chi connectivity index (χ1v) is 6.17. The first-order valence-electron chi connectivity index (χ1n) is 6.17. The molecule has 2 aromatic heterocycles. The monoisotopic (exact) mass is 332 g/mol. The molecule has 0 saturated heterocycles. The van der Waals surface area contributed by atoms with Crippen molar-refractivity contribution in [3.8, 4) is 11.4 Å². The molecule has 0 spiro atoms. The van der Waals surface area contributed by atoms with Gasteiger partial charge in [0.25, 0.3) is 0 Å². The van der Waals surface area contributed by atoms with Gasteiger partial charge in [-0.15, -0.1) is 0 Å². The van der Waals surface area contributed by atoms with Crippen LogP contribution in [0.4, 0.5) is 0 Å². The summed E-state index contributed by atoms with van der Waals surface area (Å²) >= 11 is 0. The van der Waals surface area contributed by atoms with E-state index in [0.29, 0.717) is 6.20 Å². The van der Waals surface area contributed by atoms with E-state index in [-0.39, 0.29) is 5.69 Å². The highest BCUT2D eigenvalue weighted by Crippen LogP contribution is 2.26. The lowest BCUT2D eigenvalue weighted by Gasteiger charge is -2.10. The fraction of sp³-hybridized carbons (Fsp3) is 0. The predicted molar refractivity (Wildman–Crippen MR) is 75.3 cm³/mol. The molecule has 10 nitrogen and oxygen atoms in total. The van der Waals surface area contributed by atoms with E-state index in [1.54, 1.807) is 0 Å². The molecule has 0 atom stereocenters. The third kappa shape index (κ3) is 2.88. The number of aromatic carboxylic acids is 4. The van der Waals surface area contributed by atoms with E-state index in [1.165, 1.54) is 12.1 Å². The molecule has 0 amide bonds. The molecule has 0 aliphatic heterocycles. The fourth-order valence-electron chi connectivity index (χ4n) is 1.98. The van der Waals surface area contributed by atoms with Crippen LogP contribution in [0.25, 0.3) is 11.4 Å². The second kappa shape index (κ2) is 6.12. The van der Waals surface area contributed by atoms with Crippen LogP contribution in [0.3, 0.4) is 0 Å². The zero-order valence-electron chi connectivity index (χ0n) is 11.6. The summed E-state index contributed by atoms with van der Waals surface area (Å²) in [6.07, 6.45) is 0.683. The van der Waals surface area contributed by atoms with Crippen LogP contribution >= 0.6 is 0 Å². The molecule has 0 aliphatic rings. The Balaban J connectivity index is 2.85. The smallest absolute Gasteiger partial charge is 0.354 e. The maximum atomic E-state index is 11.5. The number of carboxylic acid groups (broad SMARTS) is 4. The Hall–Kier alpha value is -3.82. The van der Waals surface area contributed by atoms with Gasteiger partial charge in [0, 0.05) is 6.20 Å². The molecule has 0 bridgehead atoms. The summed E-state index contributed by atoms with van der Waals surface area (Å²) in [5, 5.41) is 36.4. The summed E-state index contributed by atoms with van der Waals surface area (Å²) in [6, 6.07) is 3.65. The number of nitrogens with zero attached hydrogens (tertiary/aromatic N) is 2. The average molecular weight is 332 g/mol. The van der Waals surface area contributed by atoms with Crippen molar-refractivity contribution in [2.24, 2.45) is 0 Å². The van der Waals surface area contributed by atoms with Gasteiger partial charge in [-0.25, -0.2) is 24.2 Å². The van der Waals surface area contributed by atoms with Gasteiger partial charge in [-0.2, -0.15) is 0 Å². The second-order valence-electron chi connectivity index (χ2n) is 4.40. The Labute approximate surface area is 132 Å². The van der Waals surface area contributed by atoms with Gasteiger partial charge in [0.1, 0.15) is 17.0 Å². The molecule has 2 aromatic rings. The number of aromatic nitrogens is 2. The van der Waals surface area contributed by atoms with Gasteiger partial charge in [0.15, 0.2) is 0 Å². The van der Waals surface area contributed by atoms with E-state index < -0.39 is 52.0 Å². The van der Waals surface area contributed by atoms with E-state index in [1.807, 2.05) is 0 Å². The zero-order chi connectivity index (χ0) is 18.0. The summed E-state index contributed by atoms with van der Waals surface area (Å²) in [4.78, 5) is 52.2. The minimum absolute atomic E-state index is 0.216. The van der Waals surface area contributed by atoms with Crippen molar-refractivity contribution in [3.63, 3.8) is 0 Å². The Morgan fingerprint density at radius 2 is 1.42 bits per heavy atom. The zero-order valence-corrected chi connectivity index (χ0v) is 11.6. The van der Waals surface area contributed by atoms with E-state index in [9.17, 15) is 29.4 Å². The van der Waals surface area contributed by atoms with Crippen LogP contribution in [0.5, 0.6) is 0 Å². The van der Waals surface area contributed by atoms with Gasteiger partial charge in [-0.1, -0.05) is 6.07 Å². The lowest BCUT2D eigenvalue weighted by atomic mass is 9.99. The molecule has 2 heterocycles. The molecular formula is C14H8N2O8. The molecule has 2 rings (SSSR count). The maximum Gasteiger partial charge on any atom is 0.354 e. The van der Waals surface area contributed by atoms with Crippen molar-refractivity contribution < 1.29 is 39.6 Å². The number of rotatable bonds is 5. The second-order valence-corrected chi connectivity index (χ2v) is 4.40. The molecule has 4 N–H and O–H groups in total. The quantitative estimate of drug-likeness (QED) is 0.616. The number of carboxylic acids is 4. The molecule has 122 valence electrons. The van der Waals surface area contributed by atoms with E-state index in [2.05, 4.69) is 9.97 Å². The first kappa shape index (κ1) is 16.5. The van der Waals surface area contributed by atoms with Crippen molar-refractivity contribution in [3.05, 3.63) is 46.8 Å². The van der Waals surface area contributed by atoms with Gasteiger partial charge < -0.3 is 20.4 Å². The van der Waals surface area contributed by atoms with Gasteiger partial charge in [0.05, 0.1) is 16.8 Å². The summed E-state index contributed by atoms with van der Waals surface area (Å²) in [5.41, 5.74) is -3.75. The summed E-state index contributed by atoms with van der Waals surface area (Å²) < 4.78 is 0. The van der Waals surface area contributed by atoms with Crippen molar-refractivity contribution in [2.75, 3.05) is 0 Å². The van der Waals surface area contributed by atoms with E-state index >= 15 is 0 Å². The van der Waals surface area contributed by atoms with Crippen LogP contribution in [0, 0.1) is 0 Å². The Morgan fingerprint density at radius 3 is 1.92 bits per heavy atom. The first-order chi connectivity index (χ1) is 11.2. The van der Waals surface area contributed by atoms with Crippen molar-refractivity contribution in [1.29, 1.82) is 0 Å². The summed E-state index contributed by atoms with van der Waals surface area (Å²) in [5.74, 6) is -6.56. The standard InChI is InChI=1S/C14H8N2O8/c17-11(18)5-4-15-10(9(14(23)24)8(5)13(21)22)6-2-1-3-7(16-6)12(19)20/h1-4H,(H,17,18)(H,19,20)(H,21,22)(H,23,24). The number of carbonyl (C=O) groups is 4. The predicted octanol–water partition coefficient (Wildman–Crippen LogP) is 0.936. The molecule has 0 fully saturated rings. The van der Waals surface area contributed by atoms with Crippen LogP contribution in [0.2, 0.25) is 0 Å². The van der Waals surface area contributed by atoms with Gasteiger partial charge in [-0.05, 0) is 12.1 Å². The van der Waals surface area contributed by atoms with Gasteiger partial charge in [0.2, 0.25) is 0 Å². The molecule has 0 unspecified atom stereocenters. The molecule has 0 radical (unpaired) electrons. The van der Waals surface area contributed by atoms with E-state index in [0.717, 1.165) is 6.07 Å². The van der Waals surface area contributed by atoms with Crippen LogP contribution in [0.15, 0.2) is 24.4 Å². The van der Waals surface area contributed by atoms with Crippen LogP contribution in [-0.2, 0) is 0 Å². The minimum Gasteiger partial charge on any atom is -0.478 e. The van der Waals surface area contributed by atoms with Crippen molar-refractivity contribution in [2.45, 2.75) is 0 Å². The highest BCUT2D eigenvalue weighted by atomic mass is 16.4. The largest absolute Gasteiger partial charge is 0.478 e. The Morgan fingerprint density at radius 1 is 0.792 bits per heavy atom. The highest BCUT2D eigenvalue weighted by Gasteiger charge is 2.29. The van der Waals surface area contributed by atoms with Crippen LogP contribution < -0.4 is 0 Å². The lowest BCUT2D eigenvalue weighted by molar-refractivity contribution is 0.0632. The molecule has 0 aliphatic carbocycles. The van der Waals surface area contributed by atoms with Crippen LogP contribution in [0.1, 0.15) is 41.6 Å². The molecule has 24 heavy (non-hydrogen) atoms. The fourth-order valence-corrected chi connectivity index (χ4v) is 1.98. The number of pyridine rings is 2. The number of hydrogen-bond acceptors (Lipinski definition) is 6. The van der Waals surface area contributed by atoms with E-state index in [4.69, 9.17) is 10.2 Å². The molecule has 0 aromatic carbocycles. The Kier molecular flexibility index (Phi) is 4.22. The van der Waals surface area contributed by atoms with Crippen molar-refractivity contribution >= 4 is 23.9 Å². The third-order valence-electron chi connectivity index (χ3n) is 2.95. The summed E-state index contributed by atoms with van der Waals surface area (Å²) in [6.45, 7) is 0. The SMILES string of the molecule is O=C(O)c1cccc(-c2ncc(C(=O)O)c(C(=O)O)c2C(=O)O)n1. The average Bonchev–Trinajstić information content (AvgIpc) is 2.53. The minimum atomic E-state index is -1.78. The molecule has 10 heteroatoms. The normalized spacial score (nSPS) is 10.2. The van der Waals surface area contributed by atoms with Gasteiger partial charge >= 0.3 is 23.9 Å². The van der Waals surface area contributed by atoms with Crippen molar-refractivity contribution in [1.82, 2.24) is 9.97 Å². The highest BCUT2D eigenvalue weighted by molar-refractivity contribution is 6.11. The van der Waals surface area contributed by atoms with Crippen LogP contribution in [-0.4, -0.2) is 54.3 Å². The third-order valence-corrected chi connectivity index (χ3v) is 2.95. The van der Waals surface area contributed by atoms with Gasteiger partial charge in [-0.3, -0.25) is 4.98 Å².